The molecule has 6 nitrogen and oxygen atoms in total. The van der Waals surface area contributed by atoms with Crippen molar-refractivity contribution in [3.8, 4) is 11.3 Å². The van der Waals surface area contributed by atoms with Crippen LogP contribution >= 0.6 is 11.3 Å². The second-order valence-electron chi connectivity index (χ2n) is 3.14. The second-order valence-corrected chi connectivity index (χ2v) is 3.99. The zero-order chi connectivity index (χ0) is 12.4. The van der Waals surface area contributed by atoms with Gasteiger partial charge in [0.05, 0.1) is 16.1 Å². The first-order chi connectivity index (χ1) is 8.09. The maximum absolute atomic E-state index is 10.9. The van der Waals surface area contributed by atoms with E-state index in [1.807, 2.05) is 0 Å². The van der Waals surface area contributed by atoms with Gasteiger partial charge >= 0.3 is 5.97 Å². The minimum atomic E-state index is -1.05. The van der Waals surface area contributed by atoms with Gasteiger partial charge in [-0.3, -0.25) is 10.1 Å². The number of carboxylic acid groups (broad SMARTS) is 1. The molecular formula is C10H6N2O4S. The minimum absolute atomic E-state index is 0.0409. The molecule has 7 heteroatoms. The zero-order valence-corrected chi connectivity index (χ0v) is 9.18. The molecule has 0 saturated heterocycles. The summed E-state index contributed by atoms with van der Waals surface area (Å²) < 4.78 is 0. The molecule has 2 aromatic rings. The molecule has 0 fully saturated rings. The largest absolute Gasteiger partial charge is 0.477 e. The third-order valence-electron chi connectivity index (χ3n) is 2.11. The van der Waals surface area contributed by atoms with E-state index in [2.05, 4.69) is 4.98 Å². The topological polar surface area (TPSA) is 93.3 Å². The van der Waals surface area contributed by atoms with Gasteiger partial charge in [0.1, 0.15) is 4.88 Å². The van der Waals surface area contributed by atoms with E-state index in [1.165, 1.54) is 29.8 Å². The average molecular weight is 250 g/mol. The number of rotatable bonds is 3. The van der Waals surface area contributed by atoms with Crippen molar-refractivity contribution in [1.29, 1.82) is 0 Å². The average Bonchev–Trinajstić information content (AvgIpc) is 2.78. The van der Waals surface area contributed by atoms with Crippen molar-refractivity contribution in [1.82, 2.24) is 4.98 Å². The van der Waals surface area contributed by atoms with Gasteiger partial charge in [0.2, 0.25) is 0 Å². The van der Waals surface area contributed by atoms with Crippen LogP contribution in [0.1, 0.15) is 9.67 Å². The van der Waals surface area contributed by atoms with Crippen molar-refractivity contribution in [3.63, 3.8) is 0 Å². The summed E-state index contributed by atoms with van der Waals surface area (Å²) in [5.41, 5.74) is 2.27. The van der Waals surface area contributed by atoms with Gasteiger partial charge < -0.3 is 5.11 Å². The highest BCUT2D eigenvalue weighted by Gasteiger charge is 2.15. The van der Waals surface area contributed by atoms with Crippen molar-refractivity contribution < 1.29 is 14.8 Å². The van der Waals surface area contributed by atoms with Crippen LogP contribution in [0.25, 0.3) is 11.3 Å². The van der Waals surface area contributed by atoms with Crippen LogP contribution < -0.4 is 0 Å². The second kappa shape index (κ2) is 4.30. The quantitative estimate of drug-likeness (QED) is 0.666. The molecule has 0 amide bonds. The summed E-state index contributed by atoms with van der Waals surface area (Å²) in [4.78, 5) is 24.9. The number of thiazole rings is 1. The van der Waals surface area contributed by atoms with Crippen molar-refractivity contribution in [2.24, 2.45) is 0 Å². The van der Waals surface area contributed by atoms with Crippen LogP contribution in [-0.2, 0) is 0 Å². The summed E-state index contributed by atoms with van der Waals surface area (Å²) in [6, 6.07) is 5.61. The fraction of sp³-hybridized carbons (Fsp3) is 0. The molecule has 0 spiro atoms. The molecular weight excluding hydrogens is 244 g/mol. The zero-order valence-electron chi connectivity index (χ0n) is 8.36. The van der Waals surface area contributed by atoms with E-state index in [1.54, 1.807) is 0 Å². The van der Waals surface area contributed by atoms with Gasteiger partial charge in [-0.1, -0.05) is 0 Å². The van der Waals surface area contributed by atoms with Crippen LogP contribution in [0.4, 0.5) is 5.69 Å². The Morgan fingerprint density at radius 3 is 2.53 bits per heavy atom. The van der Waals surface area contributed by atoms with Crippen molar-refractivity contribution in [2.75, 3.05) is 0 Å². The maximum Gasteiger partial charge on any atom is 0.348 e. The minimum Gasteiger partial charge on any atom is -0.477 e. The van der Waals surface area contributed by atoms with E-state index in [9.17, 15) is 14.9 Å². The molecule has 0 aliphatic rings. The Balaban J connectivity index is 2.43. The molecule has 0 radical (unpaired) electrons. The van der Waals surface area contributed by atoms with Crippen LogP contribution in [0.3, 0.4) is 0 Å². The third kappa shape index (κ3) is 2.13. The Morgan fingerprint density at radius 1 is 1.35 bits per heavy atom. The van der Waals surface area contributed by atoms with Gasteiger partial charge in [-0.15, -0.1) is 11.3 Å². The lowest BCUT2D eigenvalue weighted by Crippen LogP contribution is -1.95. The van der Waals surface area contributed by atoms with Crippen molar-refractivity contribution >= 4 is 23.0 Å². The van der Waals surface area contributed by atoms with E-state index in [0.29, 0.717) is 11.3 Å². The Kier molecular flexibility index (Phi) is 2.84. The number of hydrogen-bond acceptors (Lipinski definition) is 5. The van der Waals surface area contributed by atoms with Crippen molar-refractivity contribution in [3.05, 3.63) is 44.8 Å². The van der Waals surface area contributed by atoms with E-state index >= 15 is 0 Å². The van der Waals surface area contributed by atoms with Gasteiger partial charge in [0, 0.05) is 17.7 Å². The molecule has 1 aromatic heterocycles. The molecule has 0 unspecified atom stereocenters. The lowest BCUT2D eigenvalue weighted by molar-refractivity contribution is -0.384. The number of nitro groups is 1. The molecule has 0 aliphatic carbocycles. The first kappa shape index (κ1) is 11.2. The number of non-ortho nitro benzene ring substituents is 1. The summed E-state index contributed by atoms with van der Waals surface area (Å²) >= 11 is 1.02. The Labute approximate surface area is 99.3 Å². The molecule has 86 valence electrons. The van der Waals surface area contributed by atoms with Gasteiger partial charge in [-0.25, -0.2) is 9.78 Å². The predicted octanol–water partition coefficient (Wildman–Crippen LogP) is 2.42. The fourth-order valence-electron chi connectivity index (χ4n) is 1.34. The highest BCUT2D eigenvalue weighted by Crippen LogP contribution is 2.26. The van der Waals surface area contributed by atoms with Crippen LogP contribution in [0, 0.1) is 10.1 Å². The van der Waals surface area contributed by atoms with Gasteiger partial charge in [0.25, 0.3) is 5.69 Å². The standard InChI is InChI=1S/C10H6N2O4S/c13-10(14)9-8(11-5-17-9)6-1-3-7(4-2-6)12(15)16/h1-5H,(H,13,14). The van der Waals surface area contributed by atoms with Crippen LogP contribution in [0.2, 0.25) is 0 Å². The molecule has 0 aliphatic heterocycles. The molecule has 1 N–H and O–H groups in total. The Hall–Kier alpha value is -2.28. The molecule has 1 heterocycles. The fourth-order valence-corrected chi connectivity index (χ4v) is 1.99. The lowest BCUT2D eigenvalue weighted by Gasteiger charge is -1.98. The highest BCUT2D eigenvalue weighted by atomic mass is 32.1. The molecule has 0 bridgehead atoms. The Bertz CT molecular complexity index is 576. The number of nitro benzene ring substituents is 1. The van der Waals surface area contributed by atoms with Gasteiger partial charge in [-0.05, 0) is 12.1 Å². The summed E-state index contributed by atoms with van der Waals surface area (Å²) in [5, 5.41) is 19.4. The van der Waals surface area contributed by atoms with E-state index < -0.39 is 10.9 Å². The van der Waals surface area contributed by atoms with Gasteiger partial charge in [-0.2, -0.15) is 0 Å². The predicted molar refractivity (Wildman–Crippen MR) is 61.2 cm³/mol. The first-order valence-corrected chi connectivity index (χ1v) is 5.39. The van der Waals surface area contributed by atoms with Crippen LogP contribution in [0.15, 0.2) is 29.8 Å². The summed E-state index contributed by atoms with van der Waals surface area (Å²) in [7, 11) is 0. The van der Waals surface area contributed by atoms with E-state index in [-0.39, 0.29) is 10.6 Å². The number of aromatic nitrogens is 1. The maximum atomic E-state index is 10.9. The molecule has 0 atom stereocenters. The summed E-state index contributed by atoms with van der Waals surface area (Å²) in [6.07, 6.45) is 0. The van der Waals surface area contributed by atoms with E-state index in [0.717, 1.165) is 11.3 Å². The molecule has 2 rings (SSSR count). The summed E-state index contributed by atoms with van der Waals surface area (Å²) in [6.45, 7) is 0. The third-order valence-corrected chi connectivity index (χ3v) is 2.93. The normalized spacial score (nSPS) is 10.1. The smallest absolute Gasteiger partial charge is 0.348 e. The monoisotopic (exact) mass is 250 g/mol. The Morgan fingerprint density at radius 2 is 2.00 bits per heavy atom. The highest BCUT2D eigenvalue weighted by molar-refractivity contribution is 7.12. The summed E-state index contributed by atoms with van der Waals surface area (Å²) in [5.74, 6) is -1.05. The number of hydrogen-bond donors (Lipinski definition) is 1. The van der Waals surface area contributed by atoms with Gasteiger partial charge in [0.15, 0.2) is 0 Å². The molecule has 0 saturated carbocycles. The number of carbonyl (C=O) groups is 1. The molecule has 17 heavy (non-hydrogen) atoms. The molecule has 1 aromatic carbocycles. The number of aromatic carboxylic acids is 1. The first-order valence-electron chi connectivity index (χ1n) is 4.51. The van der Waals surface area contributed by atoms with Crippen LogP contribution in [-0.4, -0.2) is 21.0 Å². The van der Waals surface area contributed by atoms with Crippen LogP contribution in [0.5, 0.6) is 0 Å². The number of carboxylic acids is 1. The van der Waals surface area contributed by atoms with E-state index in [4.69, 9.17) is 5.11 Å². The van der Waals surface area contributed by atoms with Crippen molar-refractivity contribution in [2.45, 2.75) is 0 Å². The number of nitrogens with zero attached hydrogens (tertiary/aromatic N) is 2. The SMILES string of the molecule is O=C(O)c1scnc1-c1ccc([N+](=O)[O-])cc1. The lowest BCUT2D eigenvalue weighted by atomic mass is 10.1. The number of benzene rings is 1.